The van der Waals surface area contributed by atoms with Gasteiger partial charge in [-0.2, -0.15) is 0 Å². The van der Waals surface area contributed by atoms with Crippen LogP contribution in [0, 0.1) is 11.6 Å². The van der Waals surface area contributed by atoms with Crippen molar-refractivity contribution in [2.24, 2.45) is 0 Å². The Bertz CT molecular complexity index is 483. The number of aliphatic hydroxyl groups is 1. The van der Waals surface area contributed by atoms with Crippen molar-refractivity contribution < 1.29 is 28.5 Å². The lowest BCUT2D eigenvalue weighted by molar-refractivity contribution is -0.0759. The summed E-state index contributed by atoms with van der Waals surface area (Å²) in [7, 11) is 0. The zero-order valence-corrected chi connectivity index (χ0v) is 9.85. The molecule has 3 atom stereocenters. The molecule has 0 aromatic heterocycles. The number of hydrogen-bond acceptors (Lipinski definition) is 3. The summed E-state index contributed by atoms with van der Waals surface area (Å²) in [5, 5.41) is 20.3. The number of halogens is 2. The number of benzene rings is 1. The molecule has 1 fully saturated rings. The largest absolute Gasteiger partial charge is 0.465 e. The first-order valence-corrected chi connectivity index (χ1v) is 5.71. The summed E-state index contributed by atoms with van der Waals surface area (Å²) in [5.74, 6) is -1.32. The molecule has 104 valence electrons. The van der Waals surface area contributed by atoms with Gasteiger partial charge in [-0.25, -0.2) is 13.6 Å². The fourth-order valence-electron chi connectivity index (χ4n) is 2.15. The highest BCUT2D eigenvalue weighted by molar-refractivity contribution is 5.65. The summed E-state index contributed by atoms with van der Waals surface area (Å²) in [5.41, 5.74) is -0.0642. The summed E-state index contributed by atoms with van der Waals surface area (Å²) in [6.45, 7) is -0.0571. The topological polar surface area (TPSA) is 78.8 Å². The van der Waals surface area contributed by atoms with Gasteiger partial charge in [-0.05, 0) is 24.6 Å². The molecule has 0 radical (unpaired) electrons. The van der Waals surface area contributed by atoms with Crippen molar-refractivity contribution in [2.75, 3.05) is 6.61 Å². The number of ether oxygens (including phenoxy) is 1. The van der Waals surface area contributed by atoms with Gasteiger partial charge in [-0.1, -0.05) is 0 Å². The van der Waals surface area contributed by atoms with Gasteiger partial charge in [0.15, 0.2) is 0 Å². The highest BCUT2D eigenvalue weighted by Crippen LogP contribution is 2.30. The number of hydrogen-bond donors (Lipinski definition) is 3. The number of nitrogens with one attached hydrogen (secondary N) is 1. The molecule has 1 aromatic carbocycles. The molecule has 1 aliphatic heterocycles. The lowest BCUT2D eigenvalue weighted by atomic mass is 9.94. The van der Waals surface area contributed by atoms with Crippen LogP contribution in [0.3, 0.4) is 0 Å². The minimum absolute atomic E-state index is 0.0571. The van der Waals surface area contributed by atoms with Gasteiger partial charge in [0, 0.05) is 5.56 Å². The van der Waals surface area contributed by atoms with Crippen LogP contribution in [-0.4, -0.2) is 35.1 Å². The Labute approximate surface area is 107 Å². The maximum Gasteiger partial charge on any atom is 0.404 e. The number of carbonyl (C=O) groups is 1. The summed E-state index contributed by atoms with van der Waals surface area (Å²) < 4.78 is 32.1. The molecule has 19 heavy (non-hydrogen) atoms. The summed E-state index contributed by atoms with van der Waals surface area (Å²) >= 11 is 0. The molecule has 5 nitrogen and oxygen atoms in total. The van der Waals surface area contributed by atoms with Gasteiger partial charge in [-0.15, -0.1) is 0 Å². The van der Waals surface area contributed by atoms with E-state index in [4.69, 9.17) is 9.84 Å². The number of rotatable bonds is 2. The molecular formula is C12H13F2NO4. The molecule has 0 bridgehead atoms. The van der Waals surface area contributed by atoms with Crippen LogP contribution in [-0.2, 0) is 4.74 Å². The molecule has 7 heteroatoms. The van der Waals surface area contributed by atoms with E-state index in [9.17, 15) is 18.7 Å². The highest BCUT2D eigenvalue weighted by Gasteiger charge is 2.34. The minimum Gasteiger partial charge on any atom is -0.465 e. The number of amides is 1. The zero-order chi connectivity index (χ0) is 14.0. The SMILES string of the molecule is O=C(O)N[C@H]1CC(O)CO[C@H]1c1cc(F)ccc1F. The Balaban J connectivity index is 2.28. The molecule has 0 saturated carbocycles. The van der Waals surface area contributed by atoms with Crippen molar-refractivity contribution >= 4 is 6.09 Å². The average Bonchev–Trinajstić information content (AvgIpc) is 2.32. The van der Waals surface area contributed by atoms with Crippen molar-refractivity contribution in [1.82, 2.24) is 5.32 Å². The van der Waals surface area contributed by atoms with Crippen LogP contribution in [0.1, 0.15) is 18.1 Å². The Morgan fingerprint density at radius 2 is 2.16 bits per heavy atom. The Hall–Kier alpha value is -1.73. The van der Waals surface area contributed by atoms with Gasteiger partial charge in [0.1, 0.15) is 17.7 Å². The molecule has 1 aromatic rings. The van der Waals surface area contributed by atoms with Crippen LogP contribution in [0.2, 0.25) is 0 Å². The smallest absolute Gasteiger partial charge is 0.404 e. The third-order valence-corrected chi connectivity index (χ3v) is 2.93. The van der Waals surface area contributed by atoms with Crippen molar-refractivity contribution in [1.29, 1.82) is 0 Å². The van der Waals surface area contributed by atoms with E-state index in [-0.39, 0.29) is 18.6 Å². The lowest BCUT2D eigenvalue weighted by Crippen LogP contribution is -2.46. The van der Waals surface area contributed by atoms with Crippen molar-refractivity contribution in [3.63, 3.8) is 0 Å². The second-order valence-corrected chi connectivity index (χ2v) is 4.37. The van der Waals surface area contributed by atoms with Crippen LogP contribution in [0.5, 0.6) is 0 Å². The summed E-state index contributed by atoms with van der Waals surface area (Å²) in [6, 6.07) is 2.05. The normalized spacial score (nSPS) is 27.0. The van der Waals surface area contributed by atoms with Gasteiger partial charge >= 0.3 is 6.09 Å². The predicted octanol–water partition coefficient (Wildman–Crippen LogP) is 1.42. The van der Waals surface area contributed by atoms with Crippen LogP contribution in [0.15, 0.2) is 18.2 Å². The molecule has 1 saturated heterocycles. The molecule has 0 aliphatic carbocycles. The molecule has 1 heterocycles. The van der Waals surface area contributed by atoms with Crippen molar-refractivity contribution in [3.05, 3.63) is 35.4 Å². The summed E-state index contributed by atoms with van der Waals surface area (Å²) in [4.78, 5) is 10.7. The standard InChI is InChI=1S/C12H13F2NO4/c13-6-1-2-9(14)8(3-6)11-10(15-12(17)18)4-7(16)5-19-11/h1-3,7,10-11,15-16H,4-5H2,(H,17,18)/t7?,10-,11-/m0/s1. The van der Waals surface area contributed by atoms with Crippen LogP contribution < -0.4 is 5.32 Å². The Morgan fingerprint density at radius 1 is 1.42 bits per heavy atom. The number of aliphatic hydroxyl groups excluding tert-OH is 1. The van der Waals surface area contributed by atoms with Gasteiger partial charge in [0.05, 0.1) is 18.8 Å². The molecular weight excluding hydrogens is 260 g/mol. The van der Waals surface area contributed by atoms with Crippen LogP contribution in [0.4, 0.5) is 13.6 Å². The molecule has 1 amide bonds. The van der Waals surface area contributed by atoms with Gasteiger partial charge in [0.25, 0.3) is 0 Å². The first kappa shape index (κ1) is 13.7. The maximum atomic E-state index is 13.7. The van der Waals surface area contributed by atoms with E-state index < -0.39 is 36.0 Å². The Morgan fingerprint density at radius 3 is 2.84 bits per heavy atom. The van der Waals surface area contributed by atoms with E-state index in [2.05, 4.69) is 5.32 Å². The third kappa shape index (κ3) is 3.18. The fraction of sp³-hybridized carbons (Fsp3) is 0.417. The van der Waals surface area contributed by atoms with Crippen molar-refractivity contribution in [2.45, 2.75) is 24.7 Å². The second kappa shape index (κ2) is 5.50. The second-order valence-electron chi connectivity index (χ2n) is 4.37. The van der Waals surface area contributed by atoms with E-state index in [1.54, 1.807) is 0 Å². The predicted molar refractivity (Wildman–Crippen MR) is 60.6 cm³/mol. The molecule has 0 spiro atoms. The summed E-state index contributed by atoms with van der Waals surface area (Å²) in [6.07, 6.45) is -3.04. The molecule has 1 unspecified atom stereocenters. The van der Waals surface area contributed by atoms with Gasteiger partial charge in [-0.3, -0.25) is 0 Å². The highest BCUT2D eigenvalue weighted by atomic mass is 19.1. The van der Waals surface area contributed by atoms with Crippen LogP contribution >= 0.6 is 0 Å². The monoisotopic (exact) mass is 273 g/mol. The van der Waals surface area contributed by atoms with E-state index in [1.807, 2.05) is 0 Å². The van der Waals surface area contributed by atoms with E-state index >= 15 is 0 Å². The zero-order valence-electron chi connectivity index (χ0n) is 9.85. The third-order valence-electron chi connectivity index (χ3n) is 2.93. The van der Waals surface area contributed by atoms with E-state index in [0.29, 0.717) is 0 Å². The van der Waals surface area contributed by atoms with Crippen molar-refractivity contribution in [3.8, 4) is 0 Å². The lowest BCUT2D eigenvalue weighted by Gasteiger charge is -2.34. The first-order chi connectivity index (χ1) is 8.97. The Kier molecular flexibility index (Phi) is 3.96. The molecule has 3 N–H and O–H groups in total. The van der Waals surface area contributed by atoms with Crippen LogP contribution in [0.25, 0.3) is 0 Å². The maximum absolute atomic E-state index is 13.7. The van der Waals surface area contributed by atoms with E-state index in [0.717, 1.165) is 18.2 Å². The van der Waals surface area contributed by atoms with E-state index in [1.165, 1.54) is 0 Å². The van der Waals surface area contributed by atoms with Gasteiger partial charge < -0.3 is 20.3 Å². The average molecular weight is 273 g/mol. The first-order valence-electron chi connectivity index (χ1n) is 5.71. The van der Waals surface area contributed by atoms with Gasteiger partial charge in [0.2, 0.25) is 0 Å². The molecule has 2 rings (SSSR count). The fourth-order valence-corrected chi connectivity index (χ4v) is 2.15. The quantitative estimate of drug-likeness (QED) is 0.761. The minimum atomic E-state index is -1.32. The number of carboxylic acid groups (broad SMARTS) is 1. The molecule has 1 aliphatic rings.